The first-order chi connectivity index (χ1) is 11.2. The standard InChI is InChI=1S/C15H17N5O3/c1-10(19-8-4-7-16-19)14-17-18-15(21)20(14)11-5-6-12(22-2)13(9-11)23-3/h4-10H,1-3H3,(H,18,21)/t10-/m0/s1. The van der Waals surface area contributed by atoms with Crippen LogP contribution in [-0.2, 0) is 0 Å². The van der Waals surface area contributed by atoms with E-state index < -0.39 is 0 Å². The molecule has 3 aromatic rings. The summed E-state index contributed by atoms with van der Waals surface area (Å²) >= 11 is 0. The fourth-order valence-electron chi connectivity index (χ4n) is 2.43. The van der Waals surface area contributed by atoms with Crippen LogP contribution in [0.2, 0.25) is 0 Å². The van der Waals surface area contributed by atoms with Crippen molar-refractivity contribution >= 4 is 0 Å². The van der Waals surface area contributed by atoms with Crippen molar-refractivity contribution in [3.05, 3.63) is 53.0 Å². The molecule has 8 nitrogen and oxygen atoms in total. The molecule has 0 amide bonds. The molecule has 1 atom stereocenters. The fourth-order valence-corrected chi connectivity index (χ4v) is 2.43. The van der Waals surface area contributed by atoms with Crippen LogP contribution < -0.4 is 15.2 Å². The summed E-state index contributed by atoms with van der Waals surface area (Å²) in [5.74, 6) is 1.68. The first-order valence-electron chi connectivity index (χ1n) is 7.04. The predicted octanol–water partition coefficient (Wildman–Crippen LogP) is 1.38. The summed E-state index contributed by atoms with van der Waals surface area (Å²) in [5.41, 5.74) is 0.307. The van der Waals surface area contributed by atoms with Crippen LogP contribution in [0.4, 0.5) is 0 Å². The van der Waals surface area contributed by atoms with Gasteiger partial charge in [0.2, 0.25) is 0 Å². The highest BCUT2D eigenvalue weighted by atomic mass is 16.5. The monoisotopic (exact) mass is 315 g/mol. The first kappa shape index (κ1) is 14.9. The number of hydrogen-bond acceptors (Lipinski definition) is 5. The van der Waals surface area contributed by atoms with Crippen LogP contribution in [0.25, 0.3) is 5.69 Å². The molecular formula is C15H17N5O3. The Hall–Kier alpha value is -3.03. The van der Waals surface area contributed by atoms with Crippen LogP contribution in [-0.4, -0.2) is 38.8 Å². The Morgan fingerprint density at radius 1 is 1.22 bits per heavy atom. The van der Waals surface area contributed by atoms with Gasteiger partial charge >= 0.3 is 5.69 Å². The van der Waals surface area contributed by atoms with E-state index in [2.05, 4.69) is 15.3 Å². The van der Waals surface area contributed by atoms with Crippen molar-refractivity contribution in [3.8, 4) is 17.2 Å². The summed E-state index contributed by atoms with van der Waals surface area (Å²) in [6.07, 6.45) is 3.50. The zero-order chi connectivity index (χ0) is 16.4. The Bertz CT molecular complexity index is 850. The molecule has 8 heteroatoms. The average Bonchev–Trinajstić information content (AvgIpc) is 3.23. The van der Waals surface area contributed by atoms with E-state index >= 15 is 0 Å². The molecule has 0 unspecified atom stereocenters. The normalized spacial score (nSPS) is 12.1. The third-order valence-electron chi connectivity index (χ3n) is 3.62. The molecule has 0 spiro atoms. The molecule has 0 saturated carbocycles. The van der Waals surface area contributed by atoms with Crippen molar-refractivity contribution < 1.29 is 9.47 Å². The molecule has 0 saturated heterocycles. The quantitative estimate of drug-likeness (QED) is 0.768. The van der Waals surface area contributed by atoms with Crippen molar-refractivity contribution in [3.63, 3.8) is 0 Å². The molecule has 2 aromatic heterocycles. The van der Waals surface area contributed by atoms with Crippen molar-refractivity contribution in [1.82, 2.24) is 24.5 Å². The van der Waals surface area contributed by atoms with E-state index in [1.165, 1.54) is 4.57 Å². The molecule has 23 heavy (non-hydrogen) atoms. The Morgan fingerprint density at radius 3 is 2.65 bits per heavy atom. The average molecular weight is 315 g/mol. The van der Waals surface area contributed by atoms with Crippen molar-refractivity contribution in [2.24, 2.45) is 0 Å². The lowest BCUT2D eigenvalue weighted by Crippen LogP contribution is -2.20. The van der Waals surface area contributed by atoms with Gasteiger partial charge in [-0.3, -0.25) is 4.68 Å². The summed E-state index contributed by atoms with van der Waals surface area (Å²) in [6, 6.07) is 6.86. The van der Waals surface area contributed by atoms with E-state index in [0.717, 1.165) is 0 Å². The van der Waals surface area contributed by atoms with Gasteiger partial charge in [-0.05, 0) is 25.1 Å². The fraction of sp³-hybridized carbons (Fsp3) is 0.267. The van der Waals surface area contributed by atoms with Gasteiger partial charge in [-0.2, -0.15) is 10.2 Å². The van der Waals surface area contributed by atoms with Gasteiger partial charge in [0.25, 0.3) is 0 Å². The Balaban J connectivity index is 2.10. The minimum absolute atomic E-state index is 0.211. The second-order valence-corrected chi connectivity index (χ2v) is 4.92. The Morgan fingerprint density at radius 2 is 2.00 bits per heavy atom. The second-order valence-electron chi connectivity index (χ2n) is 4.92. The SMILES string of the molecule is COc1ccc(-n2c([C@H](C)n3cccn3)n[nH]c2=O)cc1OC. The van der Waals surface area contributed by atoms with Crippen molar-refractivity contribution in [2.75, 3.05) is 14.2 Å². The van der Waals surface area contributed by atoms with Gasteiger partial charge in [-0.1, -0.05) is 0 Å². The van der Waals surface area contributed by atoms with E-state index in [4.69, 9.17) is 9.47 Å². The van der Waals surface area contributed by atoms with Gasteiger partial charge < -0.3 is 9.47 Å². The largest absolute Gasteiger partial charge is 0.493 e. The van der Waals surface area contributed by atoms with Crippen LogP contribution in [0.3, 0.4) is 0 Å². The molecule has 0 aliphatic rings. The maximum absolute atomic E-state index is 12.2. The van der Waals surface area contributed by atoms with E-state index in [-0.39, 0.29) is 11.7 Å². The van der Waals surface area contributed by atoms with Crippen LogP contribution >= 0.6 is 0 Å². The van der Waals surface area contributed by atoms with Gasteiger partial charge in [0, 0.05) is 18.5 Å². The third-order valence-corrected chi connectivity index (χ3v) is 3.62. The highest BCUT2D eigenvalue weighted by Gasteiger charge is 2.19. The molecule has 0 aliphatic heterocycles. The number of hydrogen-bond donors (Lipinski definition) is 1. The topological polar surface area (TPSA) is 87.0 Å². The molecular weight excluding hydrogens is 298 g/mol. The number of H-pyrrole nitrogens is 1. The van der Waals surface area contributed by atoms with E-state index in [9.17, 15) is 4.79 Å². The number of nitrogens with one attached hydrogen (secondary N) is 1. The molecule has 0 bridgehead atoms. The van der Waals surface area contributed by atoms with Crippen molar-refractivity contribution in [1.29, 1.82) is 0 Å². The Kier molecular flexibility index (Phi) is 3.88. The first-order valence-corrected chi connectivity index (χ1v) is 7.04. The van der Waals surface area contributed by atoms with Crippen molar-refractivity contribution in [2.45, 2.75) is 13.0 Å². The molecule has 3 rings (SSSR count). The number of aromatic amines is 1. The summed E-state index contributed by atoms with van der Waals surface area (Å²) in [4.78, 5) is 12.2. The molecule has 0 radical (unpaired) electrons. The molecule has 2 heterocycles. The zero-order valence-electron chi connectivity index (χ0n) is 13.1. The van der Waals surface area contributed by atoms with Gasteiger partial charge in [-0.15, -0.1) is 0 Å². The summed E-state index contributed by atoms with van der Waals surface area (Å²) in [7, 11) is 3.11. The lowest BCUT2D eigenvalue weighted by atomic mass is 10.2. The summed E-state index contributed by atoms with van der Waals surface area (Å²) in [5, 5.41) is 10.8. The zero-order valence-corrected chi connectivity index (χ0v) is 13.1. The van der Waals surface area contributed by atoms with E-state index in [1.54, 1.807) is 43.3 Å². The molecule has 1 aromatic carbocycles. The van der Waals surface area contributed by atoms with Gasteiger partial charge in [0.1, 0.15) is 6.04 Å². The minimum Gasteiger partial charge on any atom is -0.493 e. The Labute approximate surface area is 132 Å². The maximum atomic E-state index is 12.2. The summed E-state index contributed by atoms with van der Waals surface area (Å²) in [6.45, 7) is 1.92. The van der Waals surface area contributed by atoms with Crippen LogP contribution in [0.5, 0.6) is 11.5 Å². The summed E-state index contributed by atoms with van der Waals surface area (Å²) < 4.78 is 13.7. The van der Waals surface area contributed by atoms with Gasteiger partial charge in [0.05, 0.1) is 19.9 Å². The van der Waals surface area contributed by atoms with Crippen LogP contribution in [0, 0.1) is 0 Å². The van der Waals surface area contributed by atoms with E-state index in [0.29, 0.717) is 23.0 Å². The van der Waals surface area contributed by atoms with Gasteiger partial charge in [-0.25, -0.2) is 14.5 Å². The maximum Gasteiger partial charge on any atom is 0.348 e. The molecule has 1 N–H and O–H groups in total. The molecule has 0 aliphatic carbocycles. The van der Waals surface area contributed by atoms with Gasteiger partial charge in [0.15, 0.2) is 17.3 Å². The van der Waals surface area contributed by atoms with E-state index in [1.807, 2.05) is 19.2 Å². The van der Waals surface area contributed by atoms with Crippen LogP contribution in [0.1, 0.15) is 18.8 Å². The number of aromatic nitrogens is 5. The minimum atomic E-state index is -0.328. The lowest BCUT2D eigenvalue weighted by Gasteiger charge is -2.14. The lowest BCUT2D eigenvalue weighted by molar-refractivity contribution is 0.354. The molecule has 0 fully saturated rings. The number of nitrogens with zero attached hydrogens (tertiary/aromatic N) is 4. The number of rotatable bonds is 5. The third kappa shape index (κ3) is 2.59. The molecule has 120 valence electrons. The number of methoxy groups -OCH3 is 2. The number of ether oxygens (including phenoxy) is 2. The number of benzene rings is 1. The second kappa shape index (κ2) is 5.99. The predicted molar refractivity (Wildman–Crippen MR) is 83.3 cm³/mol. The smallest absolute Gasteiger partial charge is 0.348 e. The highest BCUT2D eigenvalue weighted by molar-refractivity contribution is 5.49. The van der Waals surface area contributed by atoms with Crippen LogP contribution in [0.15, 0.2) is 41.5 Å². The highest BCUT2D eigenvalue weighted by Crippen LogP contribution is 2.29.